The Morgan fingerprint density at radius 1 is 1.24 bits per heavy atom. The quantitative estimate of drug-likeness (QED) is 0.748. The summed E-state index contributed by atoms with van der Waals surface area (Å²) in [6, 6.07) is 0. The summed E-state index contributed by atoms with van der Waals surface area (Å²) in [4.78, 5) is 14.0. The minimum atomic E-state index is -0.151. The summed E-state index contributed by atoms with van der Waals surface area (Å²) < 4.78 is 5.62. The van der Waals surface area contributed by atoms with Gasteiger partial charge in [0.1, 0.15) is 6.10 Å². The molecule has 0 bridgehead atoms. The van der Waals surface area contributed by atoms with Crippen LogP contribution in [0, 0.1) is 0 Å². The zero-order valence-electron chi connectivity index (χ0n) is 11.8. The molecule has 0 aromatic rings. The summed E-state index contributed by atoms with van der Waals surface area (Å²) in [6.45, 7) is 9.04. The lowest BCUT2D eigenvalue weighted by Crippen LogP contribution is -2.47. The molecule has 3 heteroatoms. The largest absolute Gasteiger partial charge is 0.446 e. The van der Waals surface area contributed by atoms with Crippen LogP contribution in [0.5, 0.6) is 0 Å². The summed E-state index contributed by atoms with van der Waals surface area (Å²) in [5.41, 5.74) is -0.151. The smallest absolute Gasteiger partial charge is 0.410 e. The van der Waals surface area contributed by atoms with Gasteiger partial charge in [0.25, 0.3) is 0 Å². The fourth-order valence-electron chi connectivity index (χ4n) is 2.31. The van der Waals surface area contributed by atoms with Crippen molar-refractivity contribution in [3.8, 4) is 0 Å². The second-order valence-corrected chi connectivity index (χ2v) is 5.97. The fourth-order valence-corrected chi connectivity index (χ4v) is 2.31. The van der Waals surface area contributed by atoms with Crippen molar-refractivity contribution in [1.29, 1.82) is 0 Å². The molecule has 1 aliphatic carbocycles. The normalized spacial score (nSPS) is 17.9. The van der Waals surface area contributed by atoms with Gasteiger partial charge in [-0.1, -0.05) is 13.3 Å². The average molecular weight is 241 g/mol. The topological polar surface area (TPSA) is 29.5 Å². The molecule has 1 rings (SSSR count). The fraction of sp³-hybridized carbons (Fsp3) is 0.929. The van der Waals surface area contributed by atoms with Gasteiger partial charge in [0.15, 0.2) is 0 Å². The van der Waals surface area contributed by atoms with Crippen LogP contribution in [-0.2, 0) is 4.74 Å². The second-order valence-electron chi connectivity index (χ2n) is 5.97. The Hall–Kier alpha value is -0.730. The summed E-state index contributed by atoms with van der Waals surface area (Å²) in [5.74, 6) is 0. The minimum Gasteiger partial charge on any atom is -0.446 e. The van der Waals surface area contributed by atoms with Crippen LogP contribution < -0.4 is 0 Å². The number of hydrogen-bond donors (Lipinski definition) is 0. The van der Waals surface area contributed by atoms with E-state index < -0.39 is 0 Å². The minimum absolute atomic E-state index is 0.133. The van der Waals surface area contributed by atoms with E-state index in [-0.39, 0.29) is 17.7 Å². The first kappa shape index (κ1) is 14.3. The molecule has 3 nitrogen and oxygen atoms in total. The van der Waals surface area contributed by atoms with Gasteiger partial charge in [-0.15, -0.1) is 0 Å². The predicted octanol–water partition coefficient (Wildman–Crippen LogP) is 3.97. The number of carbonyl (C=O) groups excluding carboxylic acids is 1. The molecule has 0 aliphatic heterocycles. The van der Waals surface area contributed by atoms with E-state index in [2.05, 4.69) is 27.7 Å². The molecule has 0 spiro atoms. The third-order valence-electron chi connectivity index (χ3n) is 3.30. The molecular weight excluding hydrogens is 214 g/mol. The Kier molecular flexibility index (Phi) is 5.29. The lowest BCUT2D eigenvalue weighted by molar-refractivity contribution is 0.0244. The molecule has 0 aromatic heterocycles. The maximum absolute atomic E-state index is 12.2. The van der Waals surface area contributed by atoms with Crippen molar-refractivity contribution in [2.24, 2.45) is 0 Å². The van der Waals surface area contributed by atoms with Gasteiger partial charge in [-0.25, -0.2) is 4.79 Å². The van der Waals surface area contributed by atoms with Crippen molar-refractivity contribution in [2.45, 2.75) is 77.9 Å². The number of hydrogen-bond acceptors (Lipinski definition) is 2. The zero-order chi connectivity index (χ0) is 12.9. The number of ether oxygens (including phenoxy) is 1. The molecule has 1 saturated carbocycles. The lowest BCUT2D eigenvalue weighted by Gasteiger charge is -2.36. The van der Waals surface area contributed by atoms with Crippen molar-refractivity contribution in [3.63, 3.8) is 0 Å². The van der Waals surface area contributed by atoms with Gasteiger partial charge in [0.2, 0.25) is 0 Å². The van der Waals surface area contributed by atoms with E-state index in [0.29, 0.717) is 0 Å². The van der Waals surface area contributed by atoms with E-state index >= 15 is 0 Å². The molecular formula is C14H27NO2. The van der Waals surface area contributed by atoms with Crippen molar-refractivity contribution < 1.29 is 9.53 Å². The number of nitrogens with zero attached hydrogens (tertiary/aromatic N) is 1. The predicted molar refractivity (Wildman–Crippen MR) is 70.1 cm³/mol. The highest BCUT2D eigenvalue weighted by Gasteiger charge is 2.29. The van der Waals surface area contributed by atoms with E-state index in [0.717, 1.165) is 25.8 Å². The maximum Gasteiger partial charge on any atom is 0.410 e. The van der Waals surface area contributed by atoms with Crippen LogP contribution in [0.3, 0.4) is 0 Å². The van der Waals surface area contributed by atoms with Crippen LogP contribution in [0.15, 0.2) is 0 Å². The molecule has 0 heterocycles. The molecule has 1 aliphatic rings. The summed E-state index contributed by atoms with van der Waals surface area (Å²) in [7, 11) is 0. The molecule has 0 radical (unpaired) electrons. The zero-order valence-corrected chi connectivity index (χ0v) is 11.8. The van der Waals surface area contributed by atoms with Gasteiger partial charge in [-0.2, -0.15) is 0 Å². The van der Waals surface area contributed by atoms with Crippen LogP contribution in [0.2, 0.25) is 0 Å². The Balaban J connectivity index is 2.52. The number of amides is 1. The first-order valence-corrected chi connectivity index (χ1v) is 6.93. The van der Waals surface area contributed by atoms with E-state index in [1.165, 1.54) is 19.3 Å². The van der Waals surface area contributed by atoms with E-state index in [1.54, 1.807) is 0 Å². The highest BCUT2D eigenvalue weighted by molar-refractivity contribution is 5.68. The van der Waals surface area contributed by atoms with Gasteiger partial charge in [-0.3, -0.25) is 0 Å². The molecule has 1 fully saturated rings. The Bertz CT molecular complexity index is 239. The van der Waals surface area contributed by atoms with Crippen LogP contribution in [0.1, 0.15) is 66.2 Å². The van der Waals surface area contributed by atoms with Crippen LogP contribution in [0.4, 0.5) is 4.79 Å². The summed E-state index contributed by atoms with van der Waals surface area (Å²) >= 11 is 0. The molecule has 100 valence electrons. The van der Waals surface area contributed by atoms with Gasteiger partial charge < -0.3 is 9.64 Å². The third-order valence-corrected chi connectivity index (χ3v) is 3.30. The Labute approximate surface area is 106 Å². The van der Waals surface area contributed by atoms with Gasteiger partial charge in [-0.05, 0) is 52.9 Å². The number of carbonyl (C=O) groups is 1. The van der Waals surface area contributed by atoms with Crippen molar-refractivity contribution in [1.82, 2.24) is 4.90 Å². The van der Waals surface area contributed by atoms with Crippen molar-refractivity contribution in [3.05, 3.63) is 0 Å². The van der Waals surface area contributed by atoms with Gasteiger partial charge >= 0.3 is 6.09 Å². The highest BCUT2D eigenvalue weighted by Crippen LogP contribution is 2.23. The number of rotatable bonds is 3. The van der Waals surface area contributed by atoms with Crippen LogP contribution >= 0.6 is 0 Å². The molecule has 17 heavy (non-hydrogen) atoms. The lowest BCUT2D eigenvalue weighted by atomic mass is 9.98. The molecule has 1 amide bonds. The molecule has 0 N–H and O–H groups in total. The first-order valence-electron chi connectivity index (χ1n) is 6.93. The van der Waals surface area contributed by atoms with Crippen molar-refractivity contribution in [2.75, 3.05) is 6.54 Å². The van der Waals surface area contributed by atoms with Gasteiger partial charge in [0, 0.05) is 12.1 Å². The summed E-state index contributed by atoms with van der Waals surface area (Å²) in [6.07, 6.45) is 6.74. The van der Waals surface area contributed by atoms with E-state index in [1.807, 2.05) is 4.90 Å². The second kappa shape index (κ2) is 6.27. The molecule has 0 saturated heterocycles. The van der Waals surface area contributed by atoms with E-state index in [4.69, 9.17) is 4.74 Å². The van der Waals surface area contributed by atoms with Gasteiger partial charge in [0.05, 0.1) is 0 Å². The third kappa shape index (κ3) is 4.57. The monoisotopic (exact) mass is 241 g/mol. The Morgan fingerprint density at radius 2 is 1.82 bits per heavy atom. The molecule has 0 aromatic carbocycles. The molecule has 0 atom stereocenters. The van der Waals surface area contributed by atoms with Crippen LogP contribution in [-0.4, -0.2) is 29.2 Å². The Morgan fingerprint density at radius 3 is 2.29 bits per heavy atom. The van der Waals surface area contributed by atoms with Crippen LogP contribution in [0.25, 0.3) is 0 Å². The highest BCUT2D eigenvalue weighted by atomic mass is 16.6. The van der Waals surface area contributed by atoms with Crippen molar-refractivity contribution >= 4 is 6.09 Å². The van der Waals surface area contributed by atoms with E-state index in [9.17, 15) is 4.79 Å². The standard InChI is InChI=1S/C14H27NO2/c1-5-11-15(14(2,3)4)13(16)17-12-9-7-6-8-10-12/h12H,5-11H2,1-4H3. The maximum atomic E-state index is 12.2. The molecule has 0 unspecified atom stereocenters. The summed E-state index contributed by atoms with van der Waals surface area (Å²) in [5, 5.41) is 0. The SMILES string of the molecule is CCCN(C(=O)OC1CCCCC1)C(C)(C)C. The average Bonchev–Trinajstić information content (AvgIpc) is 2.25. The first-order chi connectivity index (χ1) is 7.95.